The van der Waals surface area contributed by atoms with Crippen LogP contribution in [0.15, 0.2) is 59.5 Å². The number of aryl methyl sites for hydroxylation is 1. The van der Waals surface area contributed by atoms with Gasteiger partial charge in [0.1, 0.15) is 6.04 Å². The van der Waals surface area contributed by atoms with Gasteiger partial charge < -0.3 is 10.2 Å². The Balaban J connectivity index is 1.64. The Labute approximate surface area is 190 Å². The topological polar surface area (TPSA) is 49.4 Å². The molecule has 2 aromatic rings. The lowest BCUT2D eigenvalue weighted by Gasteiger charge is -2.31. The standard InChI is InChI=1S/C26H34N2O2S/c1-20-13-15-22(16-14-20)19-28(21(2)26(30)27-23-9-5-3-6-10-23)25(29)17-18-31-24-11-7-4-8-12-24/h4,7-8,11-16,21,23H,3,5-6,9-10,17-19H2,1-2H3,(H,27,30)/t21-/m0/s1. The first-order valence-corrected chi connectivity index (χ1v) is 12.3. The van der Waals surface area contributed by atoms with Crippen molar-refractivity contribution in [2.45, 2.75) is 75.9 Å². The van der Waals surface area contributed by atoms with Gasteiger partial charge in [-0.3, -0.25) is 9.59 Å². The number of carbonyl (C=O) groups excluding carboxylic acids is 2. The number of amides is 2. The molecular weight excluding hydrogens is 404 g/mol. The van der Waals surface area contributed by atoms with Crippen molar-refractivity contribution in [3.8, 4) is 0 Å². The summed E-state index contributed by atoms with van der Waals surface area (Å²) in [6.07, 6.45) is 6.08. The lowest BCUT2D eigenvalue weighted by Crippen LogP contribution is -2.50. The molecule has 0 aromatic heterocycles. The highest BCUT2D eigenvalue weighted by atomic mass is 32.2. The maximum absolute atomic E-state index is 13.2. The summed E-state index contributed by atoms with van der Waals surface area (Å²) in [6, 6.07) is 18.1. The molecule has 3 rings (SSSR count). The average Bonchev–Trinajstić information content (AvgIpc) is 2.79. The highest BCUT2D eigenvalue weighted by Crippen LogP contribution is 2.21. The highest BCUT2D eigenvalue weighted by Gasteiger charge is 2.27. The van der Waals surface area contributed by atoms with Crippen molar-refractivity contribution < 1.29 is 9.59 Å². The Morgan fingerprint density at radius 1 is 1.03 bits per heavy atom. The maximum Gasteiger partial charge on any atom is 0.242 e. The van der Waals surface area contributed by atoms with E-state index in [-0.39, 0.29) is 17.9 Å². The van der Waals surface area contributed by atoms with Gasteiger partial charge in [-0.1, -0.05) is 67.3 Å². The fourth-order valence-electron chi connectivity index (χ4n) is 3.96. The van der Waals surface area contributed by atoms with Gasteiger partial charge in [-0.05, 0) is 44.4 Å². The Hall–Kier alpha value is -2.27. The van der Waals surface area contributed by atoms with E-state index in [1.165, 1.54) is 24.8 Å². The molecule has 0 radical (unpaired) electrons. The summed E-state index contributed by atoms with van der Waals surface area (Å²) in [6.45, 7) is 4.36. The molecule has 0 heterocycles. The lowest BCUT2D eigenvalue weighted by molar-refractivity contribution is -0.140. The quantitative estimate of drug-likeness (QED) is 0.537. The summed E-state index contributed by atoms with van der Waals surface area (Å²) in [5, 5.41) is 3.19. The van der Waals surface area contributed by atoms with Crippen molar-refractivity contribution >= 4 is 23.6 Å². The summed E-state index contributed by atoms with van der Waals surface area (Å²) in [4.78, 5) is 29.1. The number of hydrogen-bond acceptors (Lipinski definition) is 3. The third-order valence-electron chi connectivity index (χ3n) is 5.92. The molecule has 0 bridgehead atoms. The van der Waals surface area contributed by atoms with Gasteiger partial charge in [-0.2, -0.15) is 0 Å². The molecule has 1 fully saturated rings. The summed E-state index contributed by atoms with van der Waals surface area (Å²) in [5.74, 6) is 0.683. The van der Waals surface area contributed by atoms with Gasteiger partial charge in [0, 0.05) is 29.7 Å². The van der Waals surface area contributed by atoms with Crippen LogP contribution in [0, 0.1) is 6.92 Å². The smallest absolute Gasteiger partial charge is 0.242 e. The molecule has 5 heteroatoms. The molecule has 0 spiro atoms. The number of thioether (sulfide) groups is 1. The second-order valence-electron chi connectivity index (χ2n) is 8.44. The number of hydrogen-bond donors (Lipinski definition) is 1. The van der Waals surface area contributed by atoms with Gasteiger partial charge in [-0.25, -0.2) is 0 Å². The van der Waals surface area contributed by atoms with Crippen LogP contribution in [0.25, 0.3) is 0 Å². The van der Waals surface area contributed by atoms with E-state index in [9.17, 15) is 9.59 Å². The predicted octanol–water partition coefficient (Wildman–Crippen LogP) is 5.34. The largest absolute Gasteiger partial charge is 0.352 e. The number of carbonyl (C=O) groups is 2. The molecule has 1 aliphatic rings. The Morgan fingerprint density at radius 2 is 1.71 bits per heavy atom. The normalized spacial score (nSPS) is 15.3. The van der Waals surface area contributed by atoms with Gasteiger partial charge in [0.25, 0.3) is 0 Å². The molecule has 0 saturated heterocycles. The van der Waals surface area contributed by atoms with Crippen LogP contribution in [-0.4, -0.2) is 34.6 Å². The first-order chi connectivity index (χ1) is 15.0. The molecule has 0 unspecified atom stereocenters. The van der Waals surface area contributed by atoms with Crippen LogP contribution in [0.3, 0.4) is 0 Å². The predicted molar refractivity (Wildman–Crippen MR) is 128 cm³/mol. The van der Waals surface area contributed by atoms with E-state index in [1.807, 2.05) is 44.2 Å². The van der Waals surface area contributed by atoms with Crippen LogP contribution in [0.4, 0.5) is 0 Å². The zero-order valence-corrected chi connectivity index (χ0v) is 19.5. The fraction of sp³-hybridized carbons (Fsp3) is 0.462. The summed E-state index contributed by atoms with van der Waals surface area (Å²) >= 11 is 1.67. The summed E-state index contributed by atoms with van der Waals surface area (Å²) in [5.41, 5.74) is 2.23. The van der Waals surface area contributed by atoms with E-state index < -0.39 is 6.04 Å². The van der Waals surface area contributed by atoms with Crippen molar-refractivity contribution in [2.75, 3.05) is 5.75 Å². The van der Waals surface area contributed by atoms with Gasteiger partial charge in [0.2, 0.25) is 11.8 Å². The van der Waals surface area contributed by atoms with Gasteiger partial charge in [0.05, 0.1) is 0 Å². The van der Waals surface area contributed by atoms with E-state index in [4.69, 9.17) is 0 Å². The minimum atomic E-state index is -0.488. The fourth-order valence-corrected chi connectivity index (χ4v) is 4.82. The molecule has 166 valence electrons. The van der Waals surface area contributed by atoms with Crippen molar-refractivity contribution in [1.29, 1.82) is 0 Å². The van der Waals surface area contributed by atoms with E-state index in [0.29, 0.717) is 18.7 Å². The molecule has 0 aliphatic heterocycles. The molecule has 1 atom stereocenters. The van der Waals surface area contributed by atoms with Crippen LogP contribution in [0.2, 0.25) is 0 Å². The maximum atomic E-state index is 13.2. The minimum Gasteiger partial charge on any atom is -0.352 e. The van der Waals surface area contributed by atoms with Gasteiger partial charge in [0.15, 0.2) is 0 Å². The van der Waals surface area contributed by atoms with Crippen LogP contribution in [0.5, 0.6) is 0 Å². The van der Waals surface area contributed by atoms with Crippen molar-refractivity contribution in [3.05, 3.63) is 65.7 Å². The van der Waals surface area contributed by atoms with Crippen LogP contribution in [0.1, 0.15) is 56.6 Å². The lowest BCUT2D eigenvalue weighted by atomic mass is 9.95. The second-order valence-corrected chi connectivity index (χ2v) is 9.61. The third kappa shape index (κ3) is 7.42. The van der Waals surface area contributed by atoms with Crippen LogP contribution < -0.4 is 5.32 Å². The van der Waals surface area contributed by atoms with Gasteiger partial charge in [-0.15, -0.1) is 11.8 Å². The van der Waals surface area contributed by atoms with E-state index in [1.54, 1.807) is 16.7 Å². The number of rotatable bonds is 9. The zero-order valence-electron chi connectivity index (χ0n) is 18.7. The zero-order chi connectivity index (χ0) is 22.1. The molecule has 31 heavy (non-hydrogen) atoms. The average molecular weight is 439 g/mol. The van der Waals surface area contributed by atoms with Gasteiger partial charge >= 0.3 is 0 Å². The Bertz CT molecular complexity index is 832. The van der Waals surface area contributed by atoms with Crippen molar-refractivity contribution in [2.24, 2.45) is 0 Å². The first kappa shape index (κ1) is 23.4. The molecule has 1 N–H and O–H groups in total. The minimum absolute atomic E-state index is 0.0234. The Kier molecular flexibility index (Phi) is 9.01. The van der Waals surface area contributed by atoms with E-state index in [0.717, 1.165) is 23.3 Å². The van der Waals surface area contributed by atoms with E-state index >= 15 is 0 Å². The second kappa shape index (κ2) is 11.9. The highest BCUT2D eigenvalue weighted by molar-refractivity contribution is 7.99. The molecular formula is C26H34N2O2S. The Morgan fingerprint density at radius 3 is 2.39 bits per heavy atom. The molecule has 1 aliphatic carbocycles. The molecule has 4 nitrogen and oxygen atoms in total. The summed E-state index contributed by atoms with van der Waals surface area (Å²) < 4.78 is 0. The molecule has 2 amide bonds. The third-order valence-corrected chi connectivity index (χ3v) is 6.93. The monoisotopic (exact) mass is 438 g/mol. The first-order valence-electron chi connectivity index (χ1n) is 11.4. The van der Waals surface area contributed by atoms with Crippen molar-refractivity contribution in [3.63, 3.8) is 0 Å². The number of nitrogens with zero attached hydrogens (tertiary/aromatic N) is 1. The SMILES string of the molecule is Cc1ccc(CN(C(=O)CCSc2ccccc2)[C@@H](C)C(=O)NC2CCCCC2)cc1. The molecule has 1 saturated carbocycles. The number of benzene rings is 2. The van der Waals surface area contributed by atoms with Crippen LogP contribution >= 0.6 is 11.8 Å². The van der Waals surface area contributed by atoms with Crippen molar-refractivity contribution in [1.82, 2.24) is 10.2 Å². The van der Waals surface area contributed by atoms with E-state index in [2.05, 4.69) is 29.6 Å². The van der Waals surface area contributed by atoms with Crippen LogP contribution in [-0.2, 0) is 16.1 Å². The number of nitrogens with one attached hydrogen (secondary N) is 1. The molecule has 2 aromatic carbocycles. The summed E-state index contributed by atoms with van der Waals surface area (Å²) in [7, 11) is 0.